The Kier molecular flexibility index (Phi) is 7.34. The maximum absolute atomic E-state index is 12.5. The molecule has 1 fully saturated rings. The SMILES string of the molecule is CSc1ccc(Cl)c(C(=O)NC2C(C)CCNC2C)c1.Cl. The lowest BCUT2D eigenvalue weighted by molar-refractivity contribution is 0.0897. The zero-order valence-electron chi connectivity index (χ0n) is 12.5. The fraction of sp³-hybridized carbons (Fsp3) is 0.533. The van der Waals surface area contributed by atoms with E-state index in [4.69, 9.17) is 11.6 Å². The third-order valence-electron chi connectivity index (χ3n) is 3.93. The van der Waals surface area contributed by atoms with E-state index in [9.17, 15) is 4.79 Å². The number of hydrogen-bond donors (Lipinski definition) is 2. The van der Waals surface area contributed by atoms with E-state index < -0.39 is 0 Å². The molecule has 3 atom stereocenters. The number of amides is 1. The zero-order chi connectivity index (χ0) is 14.7. The molecule has 0 bridgehead atoms. The van der Waals surface area contributed by atoms with Gasteiger partial charge in [0.15, 0.2) is 0 Å². The van der Waals surface area contributed by atoms with Crippen LogP contribution in [0.1, 0.15) is 30.6 Å². The van der Waals surface area contributed by atoms with Crippen molar-refractivity contribution in [3.8, 4) is 0 Å². The van der Waals surface area contributed by atoms with Crippen molar-refractivity contribution in [2.75, 3.05) is 12.8 Å². The molecule has 1 aromatic rings. The first kappa shape index (κ1) is 18.6. The number of benzene rings is 1. The summed E-state index contributed by atoms with van der Waals surface area (Å²) >= 11 is 7.76. The highest BCUT2D eigenvalue weighted by atomic mass is 35.5. The average Bonchev–Trinajstić information content (AvgIpc) is 2.43. The molecule has 1 aliphatic rings. The molecule has 0 aromatic heterocycles. The summed E-state index contributed by atoms with van der Waals surface area (Å²) < 4.78 is 0. The molecule has 3 nitrogen and oxygen atoms in total. The monoisotopic (exact) mass is 348 g/mol. The summed E-state index contributed by atoms with van der Waals surface area (Å²) in [6.45, 7) is 5.31. The van der Waals surface area contributed by atoms with Gasteiger partial charge in [0.2, 0.25) is 0 Å². The third kappa shape index (κ3) is 4.52. The van der Waals surface area contributed by atoms with Crippen molar-refractivity contribution < 1.29 is 4.79 Å². The summed E-state index contributed by atoms with van der Waals surface area (Å²) in [6.07, 6.45) is 3.06. The molecular formula is C15H22Cl2N2OS. The van der Waals surface area contributed by atoms with Crippen molar-refractivity contribution >= 4 is 41.7 Å². The Hall–Kier alpha value is -0.420. The molecule has 1 heterocycles. The van der Waals surface area contributed by atoms with E-state index in [1.165, 1.54) is 0 Å². The molecule has 0 spiro atoms. The second-order valence-corrected chi connectivity index (χ2v) is 6.64. The summed E-state index contributed by atoms with van der Waals surface area (Å²) in [5.74, 6) is 0.385. The van der Waals surface area contributed by atoms with Gasteiger partial charge < -0.3 is 10.6 Å². The van der Waals surface area contributed by atoms with Gasteiger partial charge in [-0.2, -0.15) is 0 Å². The summed E-state index contributed by atoms with van der Waals surface area (Å²) in [4.78, 5) is 13.5. The average molecular weight is 349 g/mol. The minimum atomic E-state index is -0.0849. The lowest BCUT2D eigenvalue weighted by Crippen LogP contribution is -2.55. The Balaban J connectivity index is 0.00000220. The molecule has 1 saturated heterocycles. The fourth-order valence-electron chi connectivity index (χ4n) is 2.64. The first-order valence-corrected chi connectivity index (χ1v) is 8.51. The van der Waals surface area contributed by atoms with E-state index >= 15 is 0 Å². The number of carbonyl (C=O) groups excluding carboxylic acids is 1. The largest absolute Gasteiger partial charge is 0.347 e. The quantitative estimate of drug-likeness (QED) is 0.820. The highest BCUT2D eigenvalue weighted by molar-refractivity contribution is 7.98. The standard InChI is InChI=1S/C15H21ClN2OS.ClH/c1-9-6-7-17-10(2)14(9)18-15(19)12-8-11(20-3)4-5-13(12)16;/h4-5,8-10,14,17H,6-7H2,1-3H3,(H,18,19);1H. The number of hydrogen-bond acceptors (Lipinski definition) is 3. The first-order chi connectivity index (χ1) is 9.52. The number of halogens is 2. The number of carbonyl (C=O) groups is 1. The predicted molar refractivity (Wildman–Crippen MR) is 93.0 cm³/mol. The van der Waals surface area contributed by atoms with Crippen molar-refractivity contribution in [1.82, 2.24) is 10.6 Å². The van der Waals surface area contributed by atoms with Gasteiger partial charge >= 0.3 is 0 Å². The van der Waals surface area contributed by atoms with E-state index in [-0.39, 0.29) is 30.4 Å². The molecule has 0 aliphatic carbocycles. The van der Waals surface area contributed by atoms with Gasteiger partial charge in [-0.3, -0.25) is 4.79 Å². The van der Waals surface area contributed by atoms with E-state index in [1.807, 2.05) is 18.4 Å². The van der Waals surface area contributed by atoms with Gasteiger partial charge in [-0.1, -0.05) is 18.5 Å². The molecule has 3 unspecified atom stereocenters. The maximum atomic E-state index is 12.5. The zero-order valence-corrected chi connectivity index (χ0v) is 14.9. The second kappa shape index (κ2) is 8.28. The summed E-state index contributed by atoms with van der Waals surface area (Å²) in [6, 6.07) is 6.00. The molecule has 118 valence electrons. The minimum Gasteiger partial charge on any atom is -0.347 e. The Morgan fingerprint density at radius 3 is 2.76 bits per heavy atom. The Morgan fingerprint density at radius 1 is 1.43 bits per heavy atom. The van der Waals surface area contributed by atoms with Crippen LogP contribution in [0.25, 0.3) is 0 Å². The van der Waals surface area contributed by atoms with Crippen LogP contribution in [-0.2, 0) is 0 Å². The van der Waals surface area contributed by atoms with Crippen LogP contribution >= 0.6 is 35.8 Å². The smallest absolute Gasteiger partial charge is 0.253 e. The van der Waals surface area contributed by atoms with Gasteiger partial charge in [0, 0.05) is 17.0 Å². The lowest BCUT2D eigenvalue weighted by atomic mass is 9.89. The highest BCUT2D eigenvalue weighted by Gasteiger charge is 2.29. The Morgan fingerprint density at radius 2 is 2.14 bits per heavy atom. The molecule has 0 radical (unpaired) electrons. The molecular weight excluding hydrogens is 327 g/mol. The van der Waals surface area contributed by atoms with Crippen molar-refractivity contribution in [3.05, 3.63) is 28.8 Å². The van der Waals surface area contributed by atoms with Crippen molar-refractivity contribution in [3.63, 3.8) is 0 Å². The van der Waals surface area contributed by atoms with Crippen molar-refractivity contribution in [2.45, 2.75) is 37.2 Å². The summed E-state index contributed by atoms with van der Waals surface area (Å²) in [5, 5.41) is 7.04. The number of piperidine rings is 1. The summed E-state index contributed by atoms with van der Waals surface area (Å²) in [5.41, 5.74) is 0.559. The van der Waals surface area contributed by atoms with Gasteiger partial charge in [0.05, 0.1) is 10.6 Å². The van der Waals surface area contributed by atoms with Crippen LogP contribution < -0.4 is 10.6 Å². The molecule has 6 heteroatoms. The maximum Gasteiger partial charge on any atom is 0.253 e. The van der Waals surface area contributed by atoms with Crippen LogP contribution in [0.4, 0.5) is 0 Å². The lowest BCUT2D eigenvalue weighted by Gasteiger charge is -2.36. The second-order valence-electron chi connectivity index (χ2n) is 5.35. The topological polar surface area (TPSA) is 41.1 Å². The van der Waals surface area contributed by atoms with Crippen LogP contribution in [0.3, 0.4) is 0 Å². The van der Waals surface area contributed by atoms with Crippen LogP contribution in [0, 0.1) is 5.92 Å². The normalized spacial score (nSPS) is 25.0. The van der Waals surface area contributed by atoms with Crippen LogP contribution in [0.5, 0.6) is 0 Å². The van der Waals surface area contributed by atoms with E-state index in [2.05, 4.69) is 24.5 Å². The molecule has 21 heavy (non-hydrogen) atoms. The Labute approximate surface area is 142 Å². The highest BCUT2D eigenvalue weighted by Crippen LogP contribution is 2.24. The minimum absolute atomic E-state index is 0. The predicted octanol–water partition coefficient (Wildman–Crippen LogP) is 3.60. The van der Waals surface area contributed by atoms with Crippen LogP contribution in [-0.4, -0.2) is 30.8 Å². The number of rotatable bonds is 3. The molecule has 1 aliphatic heterocycles. The van der Waals surface area contributed by atoms with E-state index in [0.717, 1.165) is 17.9 Å². The fourth-order valence-corrected chi connectivity index (χ4v) is 3.28. The Bertz CT molecular complexity index is 489. The molecule has 0 saturated carbocycles. The molecule has 1 amide bonds. The van der Waals surface area contributed by atoms with Gasteiger partial charge in [-0.15, -0.1) is 24.2 Å². The molecule has 2 rings (SSSR count). The number of thioether (sulfide) groups is 1. The van der Waals surface area contributed by atoms with E-state index in [0.29, 0.717) is 16.5 Å². The number of nitrogens with one attached hydrogen (secondary N) is 2. The van der Waals surface area contributed by atoms with Crippen molar-refractivity contribution in [1.29, 1.82) is 0 Å². The summed E-state index contributed by atoms with van der Waals surface area (Å²) in [7, 11) is 0. The van der Waals surface area contributed by atoms with Gasteiger partial charge in [0.25, 0.3) is 5.91 Å². The van der Waals surface area contributed by atoms with Gasteiger partial charge in [-0.05, 0) is 50.3 Å². The van der Waals surface area contributed by atoms with Crippen molar-refractivity contribution in [2.24, 2.45) is 5.92 Å². The van der Waals surface area contributed by atoms with Gasteiger partial charge in [0.1, 0.15) is 0 Å². The van der Waals surface area contributed by atoms with Crippen LogP contribution in [0.2, 0.25) is 5.02 Å². The molecule has 2 N–H and O–H groups in total. The van der Waals surface area contributed by atoms with Gasteiger partial charge in [-0.25, -0.2) is 0 Å². The first-order valence-electron chi connectivity index (χ1n) is 6.90. The molecule has 1 aromatic carbocycles. The third-order valence-corrected chi connectivity index (χ3v) is 4.99. The van der Waals surface area contributed by atoms with E-state index in [1.54, 1.807) is 17.8 Å². The van der Waals surface area contributed by atoms with Crippen LogP contribution in [0.15, 0.2) is 23.1 Å².